The molecule has 0 aliphatic rings. The second kappa shape index (κ2) is 14.7. The quantitative estimate of drug-likeness (QED) is 0.218. The van der Waals surface area contributed by atoms with Crippen molar-refractivity contribution >= 4 is 62.3 Å². The van der Waals surface area contributed by atoms with Gasteiger partial charge in [-0.2, -0.15) is 0 Å². The molecule has 0 aliphatic carbocycles. The SMILES string of the molecule is CCCCNC(=O)[C@H](CC)N(Cc1c(Cl)cccc1Cl)C(=O)CN(c1ccccc1)S(=O)(=O)c1ccc(Cl)cc1. The van der Waals surface area contributed by atoms with Crippen molar-refractivity contribution in [3.8, 4) is 0 Å². The van der Waals surface area contributed by atoms with E-state index >= 15 is 0 Å². The van der Waals surface area contributed by atoms with Crippen molar-refractivity contribution in [3.63, 3.8) is 0 Å². The second-order valence-electron chi connectivity index (χ2n) is 9.09. The molecule has 3 rings (SSSR count). The smallest absolute Gasteiger partial charge is 0.264 e. The maximum atomic E-state index is 14.1. The molecule has 40 heavy (non-hydrogen) atoms. The van der Waals surface area contributed by atoms with E-state index in [9.17, 15) is 18.0 Å². The van der Waals surface area contributed by atoms with E-state index in [0.29, 0.717) is 39.3 Å². The van der Waals surface area contributed by atoms with Crippen molar-refractivity contribution in [1.82, 2.24) is 10.2 Å². The molecule has 3 aromatic rings. The number of rotatable bonds is 13. The van der Waals surface area contributed by atoms with Gasteiger partial charge in [0.15, 0.2) is 0 Å². The molecule has 0 unspecified atom stereocenters. The summed E-state index contributed by atoms with van der Waals surface area (Å²) < 4.78 is 28.6. The van der Waals surface area contributed by atoms with Crippen LogP contribution in [-0.4, -0.2) is 44.3 Å². The van der Waals surface area contributed by atoms with Crippen LogP contribution in [-0.2, 0) is 26.2 Å². The Morgan fingerprint density at radius 2 is 1.50 bits per heavy atom. The maximum absolute atomic E-state index is 14.1. The monoisotopic (exact) mass is 623 g/mol. The Balaban J connectivity index is 2.05. The molecule has 0 aromatic heterocycles. The van der Waals surface area contributed by atoms with Gasteiger partial charge in [0.2, 0.25) is 11.8 Å². The van der Waals surface area contributed by atoms with Crippen LogP contribution in [0.15, 0.2) is 77.7 Å². The minimum absolute atomic E-state index is 0.0291. The zero-order valence-corrected chi connectivity index (χ0v) is 25.4. The van der Waals surface area contributed by atoms with Crippen LogP contribution in [0.25, 0.3) is 0 Å². The Kier molecular flexibility index (Phi) is 11.7. The summed E-state index contributed by atoms with van der Waals surface area (Å²) in [6.45, 7) is 3.62. The van der Waals surface area contributed by atoms with E-state index in [2.05, 4.69) is 5.32 Å². The zero-order valence-electron chi connectivity index (χ0n) is 22.3. The number of hydrogen-bond acceptors (Lipinski definition) is 4. The number of sulfonamides is 1. The average molecular weight is 625 g/mol. The average Bonchev–Trinajstić information content (AvgIpc) is 2.93. The van der Waals surface area contributed by atoms with Crippen molar-refractivity contribution < 1.29 is 18.0 Å². The molecule has 214 valence electrons. The van der Waals surface area contributed by atoms with Gasteiger partial charge in [-0.15, -0.1) is 0 Å². The van der Waals surface area contributed by atoms with E-state index in [1.165, 1.54) is 29.2 Å². The maximum Gasteiger partial charge on any atom is 0.264 e. The Morgan fingerprint density at radius 1 is 0.875 bits per heavy atom. The molecular formula is C29H32Cl3N3O4S. The normalized spacial score (nSPS) is 12.0. The lowest BCUT2D eigenvalue weighted by Crippen LogP contribution is -2.52. The van der Waals surface area contributed by atoms with Crippen molar-refractivity contribution in [3.05, 3.63) is 93.4 Å². The Hall–Kier alpha value is -2.78. The van der Waals surface area contributed by atoms with Crippen LogP contribution in [0.2, 0.25) is 15.1 Å². The van der Waals surface area contributed by atoms with Gasteiger partial charge in [0, 0.05) is 33.7 Å². The van der Waals surface area contributed by atoms with Crippen molar-refractivity contribution in [2.75, 3.05) is 17.4 Å². The van der Waals surface area contributed by atoms with Gasteiger partial charge in [-0.25, -0.2) is 8.42 Å². The van der Waals surface area contributed by atoms with Gasteiger partial charge in [0.05, 0.1) is 10.6 Å². The summed E-state index contributed by atoms with van der Waals surface area (Å²) in [5.74, 6) is -0.922. The highest BCUT2D eigenvalue weighted by Gasteiger charge is 2.34. The number of anilines is 1. The summed E-state index contributed by atoms with van der Waals surface area (Å²) in [6.07, 6.45) is 1.97. The highest BCUT2D eigenvalue weighted by molar-refractivity contribution is 7.92. The number of amides is 2. The van der Waals surface area contributed by atoms with Gasteiger partial charge in [-0.1, -0.05) is 79.3 Å². The fourth-order valence-corrected chi connectivity index (χ4v) is 6.19. The largest absolute Gasteiger partial charge is 0.354 e. The lowest BCUT2D eigenvalue weighted by atomic mass is 10.1. The highest BCUT2D eigenvalue weighted by Crippen LogP contribution is 2.29. The van der Waals surface area contributed by atoms with Crippen LogP contribution in [0.4, 0.5) is 5.69 Å². The number of halogens is 3. The third-order valence-electron chi connectivity index (χ3n) is 6.33. The molecule has 0 fully saturated rings. The molecule has 0 heterocycles. The first-order chi connectivity index (χ1) is 19.1. The van der Waals surface area contributed by atoms with Gasteiger partial charge < -0.3 is 10.2 Å². The van der Waals surface area contributed by atoms with E-state index in [4.69, 9.17) is 34.8 Å². The van der Waals surface area contributed by atoms with E-state index in [-0.39, 0.29) is 17.3 Å². The summed E-state index contributed by atoms with van der Waals surface area (Å²) in [7, 11) is -4.18. The van der Waals surface area contributed by atoms with E-state index in [1.54, 1.807) is 55.5 Å². The molecule has 0 saturated heterocycles. The van der Waals surface area contributed by atoms with Crippen molar-refractivity contribution in [1.29, 1.82) is 0 Å². The topological polar surface area (TPSA) is 86.8 Å². The van der Waals surface area contributed by atoms with Crippen LogP contribution in [0, 0.1) is 0 Å². The molecule has 7 nitrogen and oxygen atoms in total. The van der Waals surface area contributed by atoms with E-state index < -0.39 is 28.5 Å². The standard InChI is InChI=1S/C29H32Cl3N3O4S/c1-3-5-18-33-29(37)27(4-2)34(19-24-25(31)12-9-13-26(24)32)28(36)20-35(22-10-7-6-8-11-22)40(38,39)23-16-14-21(30)15-17-23/h6-17,27H,3-5,18-20H2,1-2H3,(H,33,37)/t27-/m0/s1. The van der Waals surface area contributed by atoms with Crippen molar-refractivity contribution in [2.45, 2.75) is 50.6 Å². The molecule has 0 radical (unpaired) electrons. The third kappa shape index (κ3) is 7.91. The number of para-hydroxylation sites is 1. The highest BCUT2D eigenvalue weighted by atomic mass is 35.5. The minimum atomic E-state index is -4.18. The van der Waals surface area contributed by atoms with Crippen LogP contribution in [0.5, 0.6) is 0 Å². The van der Waals surface area contributed by atoms with Crippen LogP contribution in [0.3, 0.4) is 0 Å². The van der Waals surface area contributed by atoms with E-state index in [0.717, 1.165) is 17.1 Å². The lowest BCUT2D eigenvalue weighted by molar-refractivity contribution is -0.140. The fraction of sp³-hybridized carbons (Fsp3) is 0.310. The molecule has 0 saturated carbocycles. The number of nitrogens with zero attached hydrogens (tertiary/aromatic N) is 2. The molecule has 0 bridgehead atoms. The zero-order chi connectivity index (χ0) is 29.3. The number of carbonyl (C=O) groups is 2. The molecule has 2 amide bonds. The first-order valence-corrected chi connectivity index (χ1v) is 15.5. The van der Waals surface area contributed by atoms with Gasteiger partial charge in [-0.05, 0) is 61.4 Å². The Bertz CT molecular complexity index is 1380. The molecule has 1 N–H and O–H groups in total. The number of carbonyl (C=O) groups excluding carboxylic acids is 2. The number of benzene rings is 3. The molecule has 1 atom stereocenters. The first-order valence-electron chi connectivity index (χ1n) is 12.9. The second-order valence-corrected chi connectivity index (χ2v) is 12.2. The van der Waals surface area contributed by atoms with Gasteiger partial charge in [0.25, 0.3) is 10.0 Å². The predicted octanol–water partition coefficient (Wildman–Crippen LogP) is 6.57. The summed E-state index contributed by atoms with van der Waals surface area (Å²) in [6, 6.07) is 18.1. The number of unbranched alkanes of at least 4 members (excludes halogenated alkanes) is 1. The van der Waals surface area contributed by atoms with Gasteiger partial charge in [0.1, 0.15) is 12.6 Å². The fourth-order valence-electron chi connectivity index (χ4n) is 4.14. The lowest BCUT2D eigenvalue weighted by Gasteiger charge is -2.33. The molecule has 0 spiro atoms. The summed E-state index contributed by atoms with van der Waals surface area (Å²) in [5, 5.41) is 3.93. The summed E-state index contributed by atoms with van der Waals surface area (Å²) in [4.78, 5) is 28.6. The number of hydrogen-bond donors (Lipinski definition) is 1. The van der Waals surface area contributed by atoms with Crippen LogP contribution >= 0.6 is 34.8 Å². The predicted molar refractivity (Wildman–Crippen MR) is 161 cm³/mol. The van der Waals surface area contributed by atoms with Gasteiger partial charge >= 0.3 is 0 Å². The first kappa shape index (κ1) is 31.7. The molecule has 3 aromatic carbocycles. The third-order valence-corrected chi connectivity index (χ3v) is 9.08. The number of nitrogens with one attached hydrogen (secondary N) is 1. The van der Waals surface area contributed by atoms with Gasteiger partial charge in [-0.3, -0.25) is 13.9 Å². The summed E-state index contributed by atoms with van der Waals surface area (Å²) in [5.41, 5.74) is 0.757. The van der Waals surface area contributed by atoms with E-state index in [1.807, 2.05) is 6.92 Å². The van der Waals surface area contributed by atoms with Crippen molar-refractivity contribution in [2.24, 2.45) is 0 Å². The summed E-state index contributed by atoms with van der Waals surface area (Å²) >= 11 is 18.9. The Labute approximate surface area is 251 Å². The van der Waals surface area contributed by atoms with Crippen LogP contribution < -0.4 is 9.62 Å². The van der Waals surface area contributed by atoms with Crippen LogP contribution in [0.1, 0.15) is 38.7 Å². The Morgan fingerprint density at radius 3 is 2.08 bits per heavy atom. The molecule has 11 heteroatoms. The minimum Gasteiger partial charge on any atom is -0.354 e. The molecular weight excluding hydrogens is 593 g/mol. The molecule has 0 aliphatic heterocycles.